The predicted molar refractivity (Wildman–Crippen MR) is 113 cm³/mol. The Labute approximate surface area is 174 Å². The van der Waals surface area contributed by atoms with Gasteiger partial charge in [-0.3, -0.25) is 4.79 Å². The fraction of sp³-hybridized carbons (Fsp3) is 0.136. The molecular weight excluding hydrogens is 397 g/mol. The van der Waals surface area contributed by atoms with E-state index < -0.39 is 0 Å². The molecule has 0 atom stereocenters. The second-order valence-corrected chi connectivity index (χ2v) is 7.06. The van der Waals surface area contributed by atoms with Crippen LogP contribution in [0.2, 0.25) is 10.0 Å². The van der Waals surface area contributed by atoms with Crippen LogP contribution in [0.4, 0.5) is 5.69 Å². The quantitative estimate of drug-likeness (QED) is 0.525. The largest absolute Gasteiger partial charge is 0.493 e. The molecule has 0 aliphatic heterocycles. The topological polar surface area (TPSA) is 47.6 Å². The van der Waals surface area contributed by atoms with Crippen molar-refractivity contribution in [1.82, 2.24) is 0 Å². The minimum absolute atomic E-state index is 0.312. The maximum Gasteiger partial charge on any atom is 0.255 e. The van der Waals surface area contributed by atoms with E-state index in [2.05, 4.69) is 5.32 Å². The molecule has 28 heavy (non-hydrogen) atoms. The van der Waals surface area contributed by atoms with Crippen LogP contribution < -0.4 is 14.8 Å². The molecule has 4 nitrogen and oxygen atoms in total. The first-order chi connectivity index (χ1) is 13.5. The molecule has 0 heterocycles. The number of anilines is 1. The molecule has 0 unspecified atom stereocenters. The van der Waals surface area contributed by atoms with Crippen LogP contribution in [0.3, 0.4) is 0 Å². The average Bonchev–Trinajstić information content (AvgIpc) is 2.69. The molecule has 0 aromatic heterocycles. The molecule has 0 aliphatic rings. The van der Waals surface area contributed by atoms with Gasteiger partial charge in [0.1, 0.15) is 6.61 Å². The number of halogens is 2. The van der Waals surface area contributed by atoms with Gasteiger partial charge in [0, 0.05) is 10.6 Å². The molecule has 0 fully saturated rings. The van der Waals surface area contributed by atoms with Crippen molar-refractivity contribution in [2.45, 2.75) is 13.5 Å². The van der Waals surface area contributed by atoms with E-state index in [1.54, 1.807) is 36.4 Å². The lowest BCUT2D eigenvalue weighted by atomic mass is 10.1. The summed E-state index contributed by atoms with van der Waals surface area (Å²) in [5.74, 6) is 0.721. The van der Waals surface area contributed by atoms with Crippen molar-refractivity contribution >= 4 is 34.8 Å². The normalized spacial score (nSPS) is 10.4. The zero-order valence-electron chi connectivity index (χ0n) is 15.5. The number of methoxy groups -OCH3 is 1. The van der Waals surface area contributed by atoms with Crippen molar-refractivity contribution in [2.75, 3.05) is 12.4 Å². The summed E-state index contributed by atoms with van der Waals surface area (Å²) in [6, 6.07) is 18.0. The molecule has 0 saturated carbocycles. The van der Waals surface area contributed by atoms with Gasteiger partial charge in [0.15, 0.2) is 11.5 Å². The van der Waals surface area contributed by atoms with E-state index in [4.69, 9.17) is 32.7 Å². The molecule has 3 rings (SSSR count). The molecule has 1 N–H and O–H groups in total. The first kappa shape index (κ1) is 20.1. The fourth-order valence-corrected chi connectivity index (χ4v) is 3.01. The van der Waals surface area contributed by atoms with E-state index in [0.29, 0.717) is 39.4 Å². The Morgan fingerprint density at radius 2 is 1.71 bits per heavy atom. The van der Waals surface area contributed by atoms with Crippen LogP contribution in [0.25, 0.3) is 0 Å². The second kappa shape index (κ2) is 9.00. The molecule has 3 aromatic rings. The van der Waals surface area contributed by atoms with Gasteiger partial charge >= 0.3 is 0 Å². The molecule has 1 amide bonds. The van der Waals surface area contributed by atoms with E-state index in [-0.39, 0.29) is 5.91 Å². The molecule has 0 saturated heterocycles. The molecule has 0 spiro atoms. The van der Waals surface area contributed by atoms with Crippen LogP contribution in [0, 0.1) is 6.92 Å². The van der Waals surface area contributed by atoms with E-state index >= 15 is 0 Å². The van der Waals surface area contributed by atoms with Crippen LogP contribution in [0.5, 0.6) is 11.5 Å². The first-order valence-electron chi connectivity index (χ1n) is 8.59. The van der Waals surface area contributed by atoms with Gasteiger partial charge in [-0.2, -0.15) is 0 Å². The highest BCUT2D eigenvalue weighted by Crippen LogP contribution is 2.30. The van der Waals surface area contributed by atoms with Gasteiger partial charge in [-0.25, -0.2) is 0 Å². The monoisotopic (exact) mass is 415 g/mol. The number of benzene rings is 3. The van der Waals surface area contributed by atoms with Crippen molar-refractivity contribution in [3.63, 3.8) is 0 Å². The van der Waals surface area contributed by atoms with Crippen molar-refractivity contribution < 1.29 is 14.3 Å². The Balaban J connectivity index is 1.72. The van der Waals surface area contributed by atoms with Gasteiger partial charge in [0.05, 0.1) is 17.8 Å². The Hall–Kier alpha value is -2.69. The predicted octanol–water partition coefficient (Wildman–Crippen LogP) is 6.14. The summed E-state index contributed by atoms with van der Waals surface area (Å²) in [7, 11) is 1.53. The van der Waals surface area contributed by atoms with Crippen LogP contribution in [-0.2, 0) is 6.61 Å². The standard InChI is InChI=1S/C22H19Cl2NO3/c1-14-3-5-15(6-4-14)13-28-20-10-7-16(11-21(20)27-2)22(26)25-19-9-8-17(23)12-18(19)24/h3-12H,13H2,1-2H3,(H,25,26). The highest BCUT2D eigenvalue weighted by Gasteiger charge is 2.13. The van der Waals surface area contributed by atoms with Crippen molar-refractivity contribution in [2.24, 2.45) is 0 Å². The molecule has 6 heteroatoms. The highest BCUT2D eigenvalue weighted by atomic mass is 35.5. The number of aryl methyl sites for hydroxylation is 1. The molecule has 3 aromatic carbocycles. The summed E-state index contributed by atoms with van der Waals surface area (Å²) in [6.07, 6.45) is 0. The zero-order valence-corrected chi connectivity index (χ0v) is 17.0. The molecule has 0 radical (unpaired) electrons. The lowest BCUT2D eigenvalue weighted by molar-refractivity contribution is 0.102. The zero-order chi connectivity index (χ0) is 20.1. The van der Waals surface area contributed by atoms with Crippen molar-refractivity contribution in [3.05, 3.63) is 87.4 Å². The summed E-state index contributed by atoms with van der Waals surface area (Å²) in [5.41, 5.74) is 3.14. The van der Waals surface area contributed by atoms with Gasteiger partial charge < -0.3 is 14.8 Å². The van der Waals surface area contributed by atoms with Crippen LogP contribution in [0.15, 0.2) is 60.7 Å². The summed E-state index contributed by atoms with van der Waals surface area (Å²) in [4.78, 5) is 12.5. The van der Waals surface area contributed by atoms with Crippen LogP contribution in [-0.4, -0.2) is 13.0 Å². The number of hydrogen-bond donors (Lipinski definition) is 1. The van der Waals surface area contributed by atoms with E-state index in [1.165, 1.54) is 12.7 Å². The molecule has 144 valence electrons. The first-order valence-corrected chi connectivity index (χ1v) is 9.34. The van der Waals surface area contributed by atoms with E-state index in [9.17, 15) is 4.79 Å². The number of amides is 1. The van der Waals surface area contributed by atoms with E-state index in [1.807, 2.05) is 31.2 Å². The number of carbonyl (C=O) groups is 1. The Kier molecular flexibility index (Phi) is 6.45. The van der Waals surface area contributed by atoms with Gasteiger partial charge in [0.2, 0.25) is 0 Å². The van der Waals surface area contributed by atoms with Crippen LogP contribution in [0.1, 0.15) is 21.5 Å². The summed E-state index contributed by atoms with van der Waals surface area (Å²) < 4.78 is 11.2. The Morgan fingerprint density at radius 1 is 0.964 bits per heavy atom. The smallest absolute Gasteiger partial charge is 0.255 e. The number of nitrogens with one attached hydrogen (secondary N) is 1. The lowest BCUT2D eigenvalue weighted by Crippen LogP contribution is -2.12. The minimum Gasteiger partial charge on any atom is -0.493 e. The lowest BCUT2D eigenvalue weighted by Gasteiger charge is -2.13. The average molecular weight is 416 g/mol. The molecule has 0 aliphatic carbocycles. The van der Waals surface area contributed by atoms with Gasteiger partial charge in [0.25, 0.3) is 5.91 Å². The summed E-state index contributed by atoms with van der Waals surface area (Å²) in [5, 5.41) is 3.63. The van der Waals surface area contributed by atoms with Gasteiger partial charge in [-0.1, -0.05) is 53.0 Å². The third-order valence-electron chi connectivity index (χ3n) is 4.12. The minimum atomic E-state index is -0.312. The number of ether oxygens (including phenoxy) is 2. The van der Waals surface area contributed by atoms with Crippen LogP contribution >= 0.6 is 23.2 Å². The third-order valence-corrected chi connectivity index (χ3v) is 4.67. The SMILES string of the molecule is COc1cc(C(=O)Nc2ccc(Cl)cc2Cl)ccc1OCc1ccc(C)cc1. The highest BCUT2D eigenvalue weighted by molar-refractivity contribution is 6.36. The molecule has 0 bridgehead atoms. The Bertz CT molecular complexity index is 988. The maximum atomic E-state index is 12.5. The summed E-state index contributed by atoms with van der Waals surface area (Å²) in [6.45, 7) is 2.44. The number of carbonyl (C=O) groups excluding carboxylic acids is 1. The van der Waals surface area contributed by atoms with Crippen molar-refractivity contribution in [1.29, 1.82) is 0 Å². The number of rotatable bonds is 6. The van der Waals surface area contributed by atoms with Crippen molar-refractivity contribution in [3.8, 4) is 11.5 Å². The maximum absolute atomic E-state index is 12.5. The Morgan fingerprint density at radius 3 is 2.39 bits per heavy atom. The molecular formula is C22H19Cl2NO3. The van der Waals surface area contributed by atoms with Gasteiger partial charge in [-0.05, 0) is 48.9 Å². The third kappa shape index (κ3) is 4.97. The second-order valence-electron chi connectivity index (χ2n) is 6.22. The fourth-order valence-electron chi connectivity index (χ4n) is 2.56. The van der Waals surface area contributed by atoms with Gasteiger partial charge in [-0.15, -0.1) is 0 Å². The number of hydrogen-bond acceptors (Lipinski definition) is 3. The summed E-state index contributed by atoms with van der Waals surface area (Å²) >= 11 is 12.0. The van der Waals surface area contributed by atoms with E-state index in [0.717, 1.165) is 5.56 Å².